The van der Waals surface area contributed by atoms with Gasteiger partial charge in [-0.1, -0.05) is 29.8 Å². The summed E-state index contributed by atoms with van der Waals surface area (Å²) >= 11 is 6.00. The molecule has 0 fully saturated rings. The molecule has 0 unspecified atom stereocenters. The largest absolute Gasteiger partial charge is 0.478 e. The maximum atomic E-state index is 13.6. The van der Waals surface area contributed by atoms with Crippen LogP contribution in [0.15, 0.2) is 36.4 Å². The van der Waals surface area contributed by atoms with Gasteiger partial charge < -0.3 is 5.11 Å². The van der Waals surface area contributed by atoms with Gasteiger partial charge in [-0.05, 0) is 41.8 Å². The molecule has 0 atom stereocenters. The summed E-state index contributed by atoms with van der Waals surface area (Å²) in [6, 6.07) is 9.39. The second-order valence-electron chi connectivity index (χ2n) is 3.96. The zero-order chi connectivity index (χ0) is 13.3. The van der Waals surface area contributed by atoms with Gasteiger partial charge in [-0.25, -0.2) is 9.18 Å². The smallest absolute Gasteiger partial charge is 0.338 e. The minimum atomic E-state index is -1.28. The summed E-state index contributed by atoms with van der Waals surface area (Å²) in [6.45, 7) is 1.88. The SMILES string of the molecule is Cc1ccc(-c2ccc(C(=O)O)c(F)c2)cc1Cl. The van der Waals surface area contributed by atoms with Gasteiger partial charge in [0.15, 0.2) is 0 Å². The summed E-state index contributed by atoms with van der Waals surface area (Å²) in [4.78, 5) is 10.7. The van der Waals surface area contributed by atoms with Crippen LogP contribution in [0, 0.1) is 12.7 Å². The topological polar surface area (TPSA) is 37.3 Å². The van der Waals surface area contributed by atoms with E-state index < -0.39 is 11.8 Å². The van der Waals surface area contributed by atoms with Crippen molar-refractivity contribution >= 4 is 17.6 Å². The first-order valence-corrected chi connectivity index (χ1v) is 5.66. The van der Waals surface area contributed by atoms with Crippen LogP contribution in [-0.2, 0) is 0 Å². The zero-order valence-corrected chi connectivity index (χ0v) is 10.3. The van der Waals surface area contributed by atoms with E-state index in [2.05, 4.69) is 0 Å². The first-order valence-electron chi connectivity index (χ1n) is 5.28. The Hall–Kier alpha value is -1.87. The Balaban J connectivity index is 2.48. The number of aromatic carboxylic acids is 1. The van der Waals surface area contributed by atoms with Crippen LogP contribution in [0.1, 0.15) is 15.9 Å². The van der Waals surface area contributed by atoms with Gasteiger partial charge >= 0.3 is 5.97 Å². The van der Waals surface area contributed by atoms with Crippen LogP contribution in [0.4, 0.5) is 4.39 Å². The molecular weight excluding hydrogens is 255 g/mol. The van der Waals surface area contributed by atoms with Crippen molar-refractivity contribution in [2.75, 3.05) is 0 Å². The van der Waals surface area contributed by atoms with Gasteiger partial charge in [-0.15, -0.1) is 0 Å². The van der Waals surface area contributed by atoms with E-state index >= 15 is 0 Å². The van der Waals surface area contributed by atoms with Crippen LogP contribution in [0.2, 0.25) is 5.02 Å². The lowest BCUT2D eigenvalue weighted by atomic mass is 10.0. The van der Waals surface area contributed by atoms with Crippen molar-refractivity contribution in [3.05, 3.63) is 58.4 Å². The van der Waals surface area contributed by atoms with Gasteiger partial charge in [0.2, 0.25) is 0 Å². The third-order valence-electron chi connectivity index (χ3n) is 2.70. The molecule has 0 aliphatic heterocycles. The van der Waals surface area contributed by atoms with Crippen molar-refractivity contribution in [3.8, 4) is 11.1 Å². The molecule has 0 aromatic heterocycles. The average Bonchev–Trinajstić information content (AvgIpc) is 2.32. The third-order valence-corrected chi connectivity index (χ3v) is 3.11. The summed E-state index contributed by atoms with van der Waals surface area (Å²) in [6.07, 6.45) is 0. The summed E-state index contributed by atoms with van der Waals surface area (Å²) in [7, 11) is 0. The summed E-state index contributed by atoms with van der Waals surface area (Å²) in [5.74, 6) is -2.03. The molecule has 0 aliphatic rings. The Morgan fingerprint density at radius 3 is 2.33 bits per heavy atom. The number of carbonyl (C=O) groups is 1. The molecule has 18 heavy (non-hydrogen) atoms. The molecule has 0 bridgehead atoms. The average molecular weight is 265 g/mol. The van der Waals surface area contributed by atoms with Gasteiger partial charge in [0.05, 0.1) is 5.56 Å². The summed E-state index contributed by atoms with van der Waals surface area (Å²) in [5, 5.41) is 9.34. The molecule has 0 aliphatic carbocycles. The highest BCUT2D eigenvalue weighted by atomic mass is 35.5. The third kappa shape index (κ3) is 2.36. The van der Waals surface area contributed by atoms with Crippen LogP contribution >= 0.6 is 11.6 Å². The molecule has 92 valence electrons. The van der Waals surface area contributed by atoms with Gasteiger partial charge in [0.25, 0.3) is 0 Å². The second kappa shape index (κ2) is 4.78. The van der Waals surface area contributed by atoms with E-state index in [-0.39, 0.29) is 5.56 Å². The molecule has 0 heterocycles. The summed E-state index contributed by atoms with van der Waals surface area (Å²) in [5.41, 5.74) is 1.95. The number of hydrogen-bond acceptors (Lipinski definition) is 1. The Morgan fingerprint density at radius 1 is 1.17 bits per heavy atom. The maximum absolute atomic E-state index is 13.6. The van der Waals surface area contributed by atoms with Gasteiger partial charge in [0, 0.05) is 5.02 Å². The zero-order valence-electron chi connectivity index (χ0n) is 9.58. The van der Waals surface area contributed by atoms with Crippen LogP contribution in [0.25, 0.3) is 11.1 Å². The number of rotatable bonds is 2. The van der Waals surface area contributed by atoms with E-state index in [0.29, 0.717) is 10.6 Å². The van der Waals surface area contributed by atoms with Crippen molar-refractivity contribution in [2.24, 2.45) is 0 Å². The lowest BCUT2D eigenvalue weighted by Gasteiger charge is -2.06. The fraction of sp³-hybridized carbons (Fsp3) is 0.0714. The van der Waals surface area contributed by atoms with E-state index in [0.717, 1.165) is 11.1 Å². The maximum Gasteiger partial charge on any atom is 0.338 e. The van der Waals surface area contributed by atoms with Crippen LogP contribution < -0.4 is 0 Å². The predicted octanol–water partition coefficient (Wildman–Crippen LogP) is 4.15. The van der Waals surface area contributed by atoms with E-state index in [1.54, 1.807) is 12.1 Å². The second-order valence-corrected chi connectivity index (χ2v) is 4.37. The van der Waals surface area contributed by atoms with Gasteiger partial charge in [-0.2, -0.15) is 0 Å². The molecule has 2 nitrogen and oxygen atoms in total. The minimum absolute atomic E-state index is 0.336. The standard InChI is InChI=1S/C14H10ClFO2/c1-8-2-3-9(6-12(8)15)10-4-5-11(14(17)18)13(16)7-10/h2-7H,1H3,(H,17,18). The molecule has 2 aromatic rings. The van der Waals surface area contributed by atoms with E-state index in [1.165, 1.54) is 12.1 Å². The predicted molar refractivity (Wildman–Crippen MR) is 68.5 cm³/mol. The first-order chi connectivity index (χ1) is 8.49. The lowest BCUT2D eigenvalue weighted by molar-refractivity contribution is 0.0692. The van der Waals surface area contributed by atoms with E-state index in [1.807, 2.05) is 19.1 Å². The van der Waals surface area contributed by atoms with Gasteiger partial charge in [0.1, 0.15) is 5.82 Å². The molecule has 0 saturated heterocycles. The van der Waals surface area contributed by atoms with Crippen molar-refractivity contribution < 1.29 is 14.3 Å². The Labute approximate surface area is 109 Å². The van der Waals surface area contributed by atoms with Crippen LogP contribution in [0.5, 0.6) is 0 Å². The molecule has 1 N–H and O–H groups in total. The molecular formula is C14H10ClFO2. The molecule has 0 amide bonds. The van der Waals surface area contributed by atoms with Crippen LogP contribution in [0.3, 0.4) is 0 Å². The lowest BCUT2D eigenvalue weighted by Crippen LogP contribution is -2.00. The highest BCUT2D eigenvalue weighted by molar-refractivity contribution is 6.31. The number of carboxylic acids is 1. The number of carboxylic acid groups (broad SMARTS) is 1. The molecule has 2 rings (SSSR count). The quantitative estimate of drug-likeness (QED) is 0.885. The number of halogens is 2. The van der Waals surface area contributed by atoms with Crippen LogP contribution in [-0.4, -0.2) is 11.1 Å². The van der Waals surface area contributed by atoms with Crippen molar-refractivity contribution in [2.45, 2.75) is 6.92 Å². The fourth-order valence-electron chi connectivity index (χ4n) is 1.64. The van der Waals surface area contributed by atoms with Crippen molar-refractivity contribution in [1.82, 2.24) is 0 Å². The Bertz CT molecular complexity index is 623. The molecule has 0 radical (unpaired) electrons. The summed E-state index contributed by atoms with van der Waals surface area (Å²) < 4.78 is 13.6. The fourth-order valence-corrected chi connectivity index (χ4v) is 1.82. The Morgan fingerprint density at radius 2 is 1.78 bits per heavy atom. The molecule has 0 spiro atoms. The van der Waals surface area contributed by atoms with Crippen molar-refractivity contribution in [3.63, 3.8) is 0 Å². The normalized spacial score (nSPS) is 10.4. The molecule has 0 saturated carbocycles. The monoisotopic (exact) mass is 264 g/mol. The number of hydrogen-bond donors (Lipinski definition) is 1. The van der Waals surface area contributed by atoms with E-state index in [4.69, 9.17) is 16.7 Å². The first kappa shape index (κ1) is 12.6. The minimum Gasteiger partial charge on any atom is -0.478 e. The molecule has 4 heteroatoms. The molecule has 2 aromatic carbocycles. The van der Waals surface area contributed by atoms with E-state index in [9.17, 15) is 9.18 Å². The number of benzene rings is 2. The van der Waals surface area contributed by atoms with Gasteiger partial charge in [-0.3, -0.25) is 0 Å². The highest BCUT2D eigenvalue weighted by Gasteiger charge is 2.11. The Kier molecular flexibility index (Phi) is 3.34. The van der Waals surface area contributed by atoms with Crippen molar-refractivity contribution in [1.29, 1.82) is 0 Å². The number of aryl methyl sites for hydroxylation is 1. The highest BCUT2D eigenvalue weighted by Crippen LogP contribution is 2.26.